The molecule has 0 aliphatic heterocycles. The van der Waals surface area contributed by atoms with Gasteiger partial charge in [0.05, 0.1) is 0 Å². The molecular formula is C32H26OS2. The topological polar surface area (TPSA) is 17.1 Å². The van der Waals surface area contributed by atoms with Gasteiger partial charge in [-0.1, -0.05) is 108 Å². The fraction of sp³-hybridized carbons (Fsp3) is 0.0312. The van der Waals surface area contributed by atoms with Gasteiger partial charge in [-0.05, 0) is 67.6 Å². The normalized spacial score (nSPS) is 10.2. The Hall–Kier alpha value is -3.53. The van der Waals surface area contributed by atoms with E-state index in [4.69, 9.17) is 0 Å². The number of hydrogen-bond acceptors (Lipinski definition) is 3. The van der Waals surface area contributed by atoms with Crippen LogP contribution in [0.1, 0.15) is 21.5 Å². The Morgan fingerprint density at radius 2 is 0.771 bits per heavy atom. The second-order valence-corrected chi connectivity index (χ2v) is 10.2. The van der Waals surface area contributed by atoms with Crippen LogP contribution in [0.25, 0.3) is 0 Å². The number of carbonyl (C=O) groups excluding carboxylic acids is 1. The van der Waals surface area contributed by atoms with Crippen LogP contribution in [0, 0.1) is 6.92 Å². The third-order valence-electron chi connectivity index (χ3n) is 5.13. The SMILES string of the molecule is Cc1ccccc1.O=C(c1ccccc1)c1ccc(Sc2ccc(Sc3ccccc3)cc2)cc1. The molecule has 0 bridgehead atoms. The fourth-order valence-electron chi connectivity index (χ4n) is 3.30. The van der Waals surface area contributed by atoms with Crippen LogP contribution in [-0.4, -0.2) is 5.78 Å². The molecule has 0 heterocycles. The van der Waals surface area contributed by atoms with Crippen molar-refractivity contribution in [3.05, 3.63) is 156 Å². The number of rotatable bonds is 6. The van der Waals surface area contributed by atoms with Crippen molar-refractivity contribution >= 4 is 29.3 Å². The van der Waals surface area contributed by atoms with Crippen molar-refractivity contribution in [2.24, 2.45) is 0 Å². The Bertz CT molecular complexity index is 1320. The van der Waals surface area contributed by atoms with E-state index in [1.807, 2.05) is 78.9 Å². The Balaban J connectivity index is 0.000000356. The summed E-state index contributed by atoms with van der Waals surface area (Å²) in [7, 11) is 0. The van der Waals surface area contributed by atoms with E-state index in [2.05, 4.69) is 67.6 Å². The van der Waals surface area contributed by atoms with Crippen molar-refractivity contribution in [1.29, 1.82) is 0 Å². The zero-order valence-corrected chi connectivity index (χ0v) is 21.1. The maximum absolute atomic E-state index is 12.5. The van der Waals surface area contributed by atoms with Crippen LogP contribution in [0.5, 0.6) is 0 Å². The summed E-state index contributed by atoms with van der Waals surface area (Å²) in [5, 5.41) is 0. The summed E-state index contributed by atoms with van der Waals surface area (Å²) in [5.41, 5.74) is 2.75. The predicted molar refractivity (Wildman–Crippen MR) is 149 cm³/mol. The lowest BCUT2D eigenvalue weighted by Crippen LogP contribution is -2.00. The van der Waals surface area contributed by atoms with E-state index in [-0.39, 0.29) is 5.78 Å². The van der Waals surface area contributed by atoms with Crippen molar-refractivity contribution in [3.63, 3.8) is 0 Å². The number of ketones is 1. The molecule has 0 fully saturated rings. The highest BCUT2D eigenvalue weighted by Crippen LogP contribution is 2.32. The molecule has 0 radical (unpaired) electrons. The summed E-state index contributed by atoms with van der Waals surface area (Å²) in [4.78, 5) is 17.3. The first-order valence-electron chi connectivity index (χ1n) is 11.4. The summed E-state index contributed by atoms with van der Waals surface area (Å²) in [5.74, 6) is 0.0550. The van der Waals surface area contributed by atoms with Crippen LogP contribution in [0.4, 0.5) is 0 Å². The lowest BCUT2D eigenvalue weighted by molar-refractivity contribution is 0.103. The second-order valence-electron chi connectivity index (χ2n) is 7.86. The van der Waals surface area contributed by atoms with E-state index in [0.29, 0.717) is 5.56 Å². The Kier molecular flexibility index (Phi) is 8.99. The maximum Gasteiger partial charge on any atom is 0.193 e. The minimum absolute atomic E-state index is 0.0550. The predicted octanol–water partition coefficient (Wildman–Crippen LogP) is 9.22. The minimum atomic E-state index is 0.0550. The molecule has 0 aliphatic carbocycles. The van der Waals surface area contributed by atoms with Crippen LogP contribution >= 0.6 is 23.5 Å². The first kappa shape index (κ1) is 24.6. The van der Waals surface area contributed by atoms with Gasteiger partial charge in [0.1, 0.15) is 0 Å². The van der Waals surface area contributed by atoms with Gasteiger partial charge in [0.25, 0.3) is 0 Å². The van der Waals surface area contributed by atoms with Crippen molar-refractivity contribution in [2.45, 2.75) is 26.5 Å². The first-order chi connectivity index (χ1) is 17.2. The van der Waals surface area contributed by atoms with Crippen molar-refractivity contribution in [3.8, 4) is 0 Å². The molecule has 0 amide bonds. The summed E-state index contributed by atoms with van der Waals surface area (Å²) < 4.78 is 0. The third-order valence-corrected chi connectivity index (χ3v) is 7.16. The molecule has 5 aromatic rings. The number of carbonyl (C=O) groups is 1. The van der Waals surface area contributed by atoms with Crippen LogP contribution in [0.15, 0.2) is 159 Å². The molecule has 0 saturated carbocycles. The monoisotopic (exact) mass is 490 g/mol. The Morgan fingerprint density at radius 1 is 0.429 bits per heavy atom. The van der Waals surface area contributed by atoms with Gasteiger partial charge in [-0.3, -0.25) is 4.79 Å². The van der Waals surface area contributed by atoms with Gasteiger partial charge in [0, 0.05) is 30.7 Å². The minimum Gasteiger partial charge on any atom is -0.289 e. The van der Waals surface area contributed by atoms with Gasteiger partial charge in [0.2, 0.25) is 0 Å². The van der Waals surface area contributed by atoms with Crippen LogP contribution < -0.4 is 0 Å². The largest absolute Gasteiger partial charge is 0.289 e. The lowest BCUT2D eigenvalue weighted by Gasteiger charge is -2.06. The molecule has 0 atom stereocenters. The molecule has 0 unspecified atom stereocenters. The van der Waals surface area contributed by atoms with Gasteiger partial charge in [-0.25, -0.2) is 0 Å². The van der Waals surface area contributed by atoms with Crippen molar-refractivity contribution in [1.82, 2.24) is 0 Å². The van der Waals surface area contributed by atoms with Crippen LogP contribution in [0.2, 0.25) is 0 Å². The number of aryl methyl sites for hydroxylation is 1. The molecule has 5 rings (SSSR count). The average Bonchev–Trinajstić information content (AvgIpc) is 2.92. The van der Waals surface area contributed by atoms with E-state index in [1.165, 1.54) is 20.2 Å². The summed E-state index contributed by atoms with van der Waals surface area (Å²) >= 11 is 3.46. The van der Waals surface area contributed by atoms with Crippen LogP contribution in [-0.2, 0) is 0 Å². The van der Waals surface area contributed by atoms with E-state index >= 15 is 0 Å². The molecule has 3 heteroatoms. The molecule has 0 aliphatic rings. The smallest absolute Gasteiger partial charge is 0.193 e. The highest BCUT2D eigenvalue weighted by molar-refractivity contribution is 7.99. The summed E-state index contributed by atoms with van der Waals surface area (Å²) in [6.45, 7) is 2.08. The van der Waals surface area contributed by atoms with Gasteiger partial charge in [0.15, 0.2) is 5.78 Å². The molecule has 0 spiro atoms. The fourth-order valence-corrected chi connectivity index (χ4v) is 4.96. The number of hydrogen-bond donors (Lipinski definition) is 0. The third kappa shape index (κ3) is 7.74. The molecule has 0 aromatic heterocycles. The molecular weight excluding hydrogens is 464 g/mol. The molecule has 1 nitrogen and oxygen atoms in total. The van der Waals surface area contributed by atoms with Gasteiger partial charge < -0.3 is 0 Å². The van der Waals surface area contributed by atoms with Gasteiger partial charge >= 0.3 is 0 Å². The van der Waals surface area contributed by atoms with E-state index in [9.17, 15) is 4.79 Å². The zero-order chi connectivity index (χ0) is 24.3. The molecule has 5 aromatic carbocycles. The molecule has 172 valence electrons. The second kappa shape index (κ2) is 12.8. The van der Waals surface area contributed by atoms with Crippen molar-refractivity contribution < 1.29 is 4.79 Å². The molecule has 0 N–H and O–H groups in total. The number of benzene rings is 5. The summed E-state index contributed by atoms with van der Waals surface area (Å²) in [6, 6.07) is 46.4. The highest BCUT2D eigenvalue weighted by atomic mass is 32.2. The zero-order valence-electron chi connectivity index (χ0n) is 19.5. The molecule has 0 saturated heterocycles. The van der Waals surface area contributed by atoms with E-state index in [0.717, 1.165) is 10.5 Å². The van der Waals surface area contributed by atoms with Crippen molar-refractivity contribution in [2.75, 3.05) is 0 Å². The standard InChI is InChI=1S/C25H18OS2.C7H8/c26-25(19-7-3-1-4-8-19)20-11-13-22(14-12-20)28-24-17-15-23(16-18-24)27-21-9-5-2-6-10-21;1-7-5-3-2-4-6-7/h1-18H;2-6H,1H3. The van der Waals surface area contributed by atoms with Gasteiger partial charge in [-0.15, -0.1) is 0 Å². The van der Waals surface area contributed by atoms with Crippen LogP contribution in [0.3, 0.4) is 0 Å². The first-order valence-corrected chi connectivity index (χ1v) is 13.0. The lowest BCUT2D eigenvalue weighted by atomic mass is 10.0. The maximum atomic E-state index is 12.5. The average molecular weight is 491 g/mol. The Morgan fingerprint density at radius 3 is 1.20 bits per heavy atom. The summed E-state index contributed by atoms with van der Waals surface area (Å²) in [6.07, 6.45) is 0. The highest BCUT2D eigenvalue weighted by Gasteiger charge is 2.08. The quantitative estimate of drug-likeness (QED) is 0.221. The van der Waals surface area contributed by atoms with E-state index in [1.54, 1.807) is 23.5 Å². The van der Waals surface area contributed by atoms with Gasteiger partial charge in [-0.2, -0.15) is 0 Å². The van der Waals surface area contributed by atoms with E-state index < -0.39 is 0 Å². The Labute approximate surface area is 216 Å². The molecule has 35 heavy (non-hydrogen) atoms.